The zero-order chi connectivity index (χ0) is 14.5. The highest BCUT2D eigenvalue weighted by molar-refractivity contribution is 6.23. The van der Waals surface area contributed by atoms with E-state index in [1.165, 1.54) is 0 Å². The summed E-state index contributed by atoms with van der Waals surface area (Å²) in [5.74, 6) is 0.0784. The summed E-state index contributed by atoms with van der Waals surface area (Å²) in [6.07, 6.45) is 0.889. The number of fused-ring (bicyclic) bond motifs is 1. The first-order valence-corrected chi connectivity index (χ1v) is 7.01. The van der Waals surface area contributed by atoms with Crippen LogP contribution >= 0.6 is 0 Å². The summed E-state index contributed by atoms with van der Waals surface area (Å²) in [6.45, 7) is 6.18. The molecule has 0 aliphatic carbocycles. The molecule has 1 atom stereocenters. The van der Waals surface area contributed by atoms with Gasteiger partial charge in [-0.1, -0.05) is 19.1 Å². The van der Waals surface area contributed by atoms with Gasteiger partial charge < -0.3 is 17.3 Å². The number of aliphatic imine (C=N–C) groups is 1. The predicted octanol–water partition coefficient (Wildman–Crippen LogP) is -1.11. The van der Waals surface area contributed by atoms with E-state index >= 15 is 0 Å². The first-order valence-electron chi connectivity index (χ1n) is 7.01. The molecule has 0 saturated heterocycles. The summed E-state index contributed by atoms with van der Waals surface area (Å²) in [7, 11) is 1.88. The van der Waals surface area contributed by atoms with Gasteiger partial charge in [-0.25, -0.2) is 4.99 Å². The number of quaternary nitrogens is 1. The van der Waals surface area contributed by atoms with Crippen LogP contribution in [0.2, 0.25) is 0 Å². The van der Waals surface area contributed by atoms with Gasteiger partial charge >= 0.3 is 0 Å². The van der Waals surface area contributed by atoms with Crippen LogP contribution in [0.5, 0.6) is 0 Å². The number of nitrogens with zero attached hydrogens (tertiary/aromatic N) is 2. The fourth-order valence-electron chi connectivity index (χ4n) is 3.07. The zero-order valence-electron chi connectivity index (χ0n) is 12.8. The van der Waals surface area contributed by atoms with E-state index in [0.717, 1.165) is 34.8 Å². The third kappa shape index (κ3) is 2.10. The van der Waals surface area contributed by atoms with Gasteiger partial charge in [0.2, 0.25) is 0 Å². The molecule has 112 valence electrons. The molecular formula is C16H20ClN3O. The lowest BCUT2D eigenvalue weighted by molar-refractivity contribution is -0.527. The third-order valence-corrected chi connectivity index (χ3v) is 4.68. The number of halogens is 1. The van der Waals surface area contributed by atoms with Gasteiger partial charge in [0.05, 0.1) is 5.71 Å². The minimum atomic E-state index is -0.249. The largest absolute Gasteiger partial charge is 1.00 e. The quantitative estimate of drug-likeness (QED) is 0.657. The molecule has 0 bridgehead atoms. The lowest BCUT2D eigenvalue weighted by Gasteiger charge is -2.31. The number of carbonyl (C=O) groups is 1. The lowest BCUT2D eigenvalue weighted by atomic mass is 9.93. The summed E-state index contributed by atoms with van der Waals surface area (Å²) in [5, 5.41) is 2.13. The van der Waals surface area contributed by atoms with Crippen LogP contribution in [0.15, 0.2) is 40.5 Å². The van der Waals surface area contributed by atoms with Crippen molar-refractivity contribution in [3.05, 3.63) is 35.5 Å². The second-order valence-corrected chi connectivity index (χ2v) is 5.68. The average Bonchev–Trinajstić information content (AvgIpc) is 2.57. The van der Waals surface area contributed by atoms with Gasteiger partial charge in [0.1, 0.15) is 16.8 Å². The third-order valence-electron chi connectivity index (χ3n) is 4.68. The number of carbonyl (C=O) groups excluding carboxylic acids is 1. The van der Waals surface area contributed by atoms with Gasteiger partial charge in [0, 0.05) is 13.1 Å². The number of para-hydroxylation sites is 2. The van der Waals surface area contributed by atoms with Crippen LogP contribution in [-0.4, -0.2) is 29.1 Å². The number of likely N-dealkylation sites (N-methyl/N-ethyl adjacent to an activating group) is 1. The number of benzene rings is 1. The van der Waals surface area contributed by atoms with Crippen LogP contribution in [0.4, 0.5) is 11.4 Å². The van der Waals surface area contributed by atoms with E-state index in [4.69, 9.17) is 0 Å². The van der Waals surface area contributed by atoms with Crippen molar-refractivity contribution in [2.45, 2.75) is 32.7 Å². The molecule has 0 aromatic heterocycles. The summed E-state index contributed by atoms with van der Waals surface area (Å²) in [5.41, 5.74) is 4.45. The highest BCUT2D eigenvalue weighted by Gasteiger charge is 2.50. The van der Waals surface area contributed by atoms with Crippen molar-refractivity contribution in [2.75, 3.05) is 7.05 Å². The molecule has 0 saturated carbocycles. The molecular weight excluding hydrogens is 286 g/mol. The van der Waals surface area contributed by atoms with Crippen LogP contribution in [0.25, 0.3) is 0 Å². The van der Waals surface area contributed by atoms with Crippen molar-refractivity contribution in [1.82, 2.24) is 4.90 Å². The van der Waals surface area contributed by atoms with Gasteiger partial charge in [0.25, 0.3) is 5.91 Å². The van der Waals surface area contributed by atoms with Crippen LogP contribution in [0.3, 0.4) is 0 Å². The first kappa shape index (κ1) is 15.7. The van der Waals surface area contributed by atoms with E-state index in [1.54, 1.807) is 0 Å². The Morgan fingerprint density at radius 2 is 2.00 bits per heavy atom. The SMILES string of the molecule is CCC1(C)C2=C(C(=O)N1C)C(C)=Nc1ccccc1[NH2+]2.[Cl-]. The Labute approximate surface area is 131 Å². The van der Waals surface area contributed by atoms with E-state index in [1.807, 2.05) is 37.1 Å². The number of hydrogen-bond donors (Lipinski definition) is 1. The summed E-state index contributed by atoms with van der Waals surface area (Å²) >= 11 is 0. The van der Waals surface area contributed by atoms with Gasteiger partial charge in [0.15, 0.2) is 11.4 Å². The molecule has 3 rings (SSSR count). The highest BCUT2D eigenvalue weighted by Crippen LogP contribution is 2.37. The molecule has 5 heteroatoms. The van der Waals surface area contributed by atoms with E-state index in [2.05, 4.69) is 30.2 Å². The Bertz CT molecular complexity index is 665. The molecule has 2 heterocycles. The van der Waals surface area contributed by atoms with Crippen molar-refractivity contribution in [1.29, 1.82) is 0 Å². The molecule has 0 radical (unpaired) electrons. The topological polar surface area (TPSA) is 49.3 Å². The molecule has 4 nitrogen and oxygen atoms in total. The average molecular weight is 306 g/mol. The minimum absolute atomic E-state index is 0. The van der Waals surface area contributed by atoms with E-state index in [-0.39, 0.29) is 23.9 Å². The molecule has 2 aliphatic rings. The summed E-state index contributed by atoms with van der Waals surface area (Å²) < 4.78 is 0. The molecule has 1 aromatic carbocycles. The standard InChI is InChI=1S/C16H19N3O.ClH/c1-5-16(3)14-13(15(20)19(16)4)10(2)17-11-8-6-7-9-12(11)18-14;/h6-9,18H,5H2,1-4H3;1H. The molecule has 21 heavy (non-hydrogen) atoms. The van der Waals surface area contributed by atoms with Crippen LogP contribution in [0, 0.1) is 0 Å². The molecule has 1 unspecified atom stereocenters. The normalized spacial score (nSPS) is 24.1. The van der Waals surface area contributed by atoms with Crippen molar-refractivity contribution >= 4 is 23.0 Å². The van der Waals surface area contributed by atoms with E-state index in [0.29, 0.717) is 0 Å². The second-order valence-electron chi connectivity index (χ2n) is 5.68. The zero-order valence-corrected chi connectivity index (χ0v) is 13.5. The van der Waals surface area contributed by atoms with Crippen molar-refractivity contribution < 1.29 is 22.5 Å². The highest BCUT2D eigenvalue weighted by atomic mass is 35.5. The fourth-order valence-corrected chi connectivity index (χ4v) is 3.07. The maximum Gasteiger partial charge on any atom is 0.262 e. The number of nitrogens with two attached hydrogens (primary N) is 1. The van der Waals surface area contributed by atoms with Crippen molar-refractivity contribution in [3.63, 3.8) is 0 Å². The predicted molar refractivity (Wildman–Crippen MR) is 79.3 cm³/mol. The molecule has 0 fully saturated rings. The van der Waals surface area contributed by atoms with Crippen molar-refractivity contribution in [3.8, 4) is 0 Å². The Morgan fingerprint density at radius 1 is 1.33 bits per heavy atom. The molecule has 0 spiro atoms. The monoisotopic (exact) mass is 305 g/mol. The van der Waals surface area contributed by atoms with Gasteiger partial charge in [-0.2, -0.15) is 0 Å². The fraction of sp³-hybridized carbons (Fsp3) is 0.375. The van der Waals surface area contributed by atoms with E-state index < -0.39 is 0 Å². The van der Waals surface area contributed by atoms with Crippen molar-refractivity contribution in [2.24, 2.45) is 4.99 Å². The Hall–Kier alpha value is -1.65. The lowest BCUT2D eigenvalue weighted by Crippen LogP contribution is -3.00. The molecule has 1 amide bonds. The Balaban J connectivity index is 0.00000161. The minimum Gasteiger partial charge on any atom is -1.00 e. The van der Waals surface area contributed by atoms with Crippen LogP contribution < -0.4 is 17.7 Å². The molecule has 2 aliphatic heterocycles. The number of amides is 1. The summed E-state index contributed by atoms with van der Waals surface area (Å²) in [6, 6.07) is 8.04. The smallest absolute Gasteiger partial charge is 0.262 e. The molecule has 1 aromatic rings. The molecule has 2 N–H and O–H groups in total. The second kappa shape index (κ2) is 5.28. The van der Waals surface area contributed by atoms with Crippen LogP contribution in [-0.2, 0) is 4.79 Å². The summed E-state index contributed by atoms with van der Waals surface area (Å²) in [4.78, 5) is 19.1. The van der Waals surface area contributed by atoms with Gasteiger partial charge in [-0.05, 0) is 26.3 Å². The van der Waals surface area contributed by atoms with Gasteiger partial charge in [-0.3, -0.25) is 10.1 Å². The van der Waals surface area contributed by atoms with E-state index in [9.17, 15) is 4.79 Å². The number of hydrogen-bond acceptors (Lipinski definition) is 2. The number of rotatable bonds is 1. The van der Waals surface area contributed by atoms with Gasteiger partial charge in [-0.15, -0.1) is 0 Å². The Morgan fingerprint density at radius 3 is 2.67 bits per heavy atom. The maximum atomic E-state index is 12.6. The van der Waals surface area contributed by atoms with Crippen LogP contribution in [0.1, 0.15) is 27.2 Å². The maximum absolute atomic E-state index is 12.6. The Kier molecular flexibility index (Phi) is 3.95. The first-order chi connectivity index (χ1) is 9.49.